The number of halogens is 2. The summed E-state index contributed by atoms with van der Waals surface area (Å²) in [4.78, 5) is 13.8. The van der Waals surface area contributed by atoms with E-state index in [-0.39, 0.29) is 24.2 Å². The van der Waals surface area contributed by atoms with Gasteiger partial charge in [-0.15, -0.1) is 0 Å². The highest BCUT2D eigenvalue weighted by Gasteiger charge is 2.18. The van der Waals surface area contributed by atoms with Gasteiger partial charge >= 0.3 is 6.61 Å². The first-order chi connectivity index (χ1) is 10.1. The van der Waals surface area contributed by atoms with E-state index < -0.39 is 6.61 Å². The van der Waals surface area contributed by atoms with Crippen LogP contribution in [0.1, 0.15) is 31.4 Å². The Labute approximate surface area is 123 Å². The second kappa shape index (κ2) is 7.36. The average Bonchev–Trinajstić information content (AvgIpc) is 2.99. The fraction of sp³-hybridized carbons (Fsp3) is 0.533. The number of hydrogen-bond acceptors (Lipinski definition) is 3. The minimum absolute atomic E-state index is 0.0304. The number of carbonyl (C=O) groups excluding carboxylic acids is 1. The van der Waals surface area contributed by atoms with Crippen LogP contribution < -0.4 is 10.1 Å². The van der Waals surface area contributed by atoms with Crippen LogP contribution in [0.15, 0.2) is 24.3 Å². The lowest BCUT2D eigenvalue weighted by Gasteiger charge is -2.19. The molecule has 1 aromatic rings. The Bertz CT molecular complexity index is 459. The van der Waals surface area contributed by atoms with E-state index in [0.717, 1.165) is 31.5 Å². The number of hydrogen-bond donors (Lipinski definition) is 1. The molecule has 1 fully saturated rings. The number of amides is 1. The Morgan fingerprint density at radius 3 is 2.48 bits per heavy atom. The van der Waals surface area contributed by atoms with Crippen LogP contribution in [0.2, 0.25) is 0 Å². The number of benzene rings is 1. The largest absolute Gasteiger partial charge is 0.435 e. The lowest BCUT2D eigenvalue weighted by atomic mass is 10.1. The van der Waals surface area contributed by atoms with Gasteiger partial charge in [0, 0.05) is 19.1 Å². The molecule has 0 saturated carbocycles. The van der Waals surface area contributed by atoms with Gasteiger partial charge in [0.15, 0.2) is 0 Å². The van der Waals surface area contributed by atoms with E-state index >= 15 is 0 Å². The van der Waals surface area contributed by atoms with Gasteiger partial charge in [-0.3, -0.25) is 4.79 Å². The maximum Gasteiger partial charge on any atom is 0.387 e. The van der Waals surface area contributed by atoms with Gasteiger partial charge in [-0.1, -0.05) is 12.1 Å². The summed E-state index contributed by atoms with van der Waals surface area (Å²) in [5.74, 6) is 0.242. The molecule has 0 aliphatic carbocycles. The maximum atomic E-state index is 12.1. The molecule has 1 amide bonds. The summed E-state index contributed by atoms with van der Waals surface area (Å²) in [5, 5.41) is 3.16. The minimum atomic E-state index is -2.82. The van der Waals surface area contributed by atoms with Crippen molar-refractivity contribution in [2.45, 2.75) is 32.4 Å². The van der Waals surface area contributed by atoms with Crippen molar-refractivity contribution >= 4 is 5.91 Å². The molecule has 0 aromatic heterocycles. The summed E-state index contributed by atoms with van der Waals surface area (Å²) >= 11 is 0. The van der Waals surface area contributed by atoms with Crippen LogP contribution in [0, 0.1) is 0 Å². The fourth-order valence-electron chi connectivity index (χ4n) is 2.37. The van der Waals surface area contributed by atoms with Gasteiger partial charge in [0.1, 0.15) is 5.75 Å². The molecule has 0 radical (unpaired) electrons. The second-order valence-electron chi connectivity index (χ2n) is 5.14. The van der Waals surface area contributed by atoms with E-state index in [1.54, 1.807) is 12.1 Å². The zero-order valence-corrected chi connectivity index (χ0v) is 12.0. The van der Waals surface area contributed by atoms with Gasteiger partial charge < -0.3 is 15.0 Å². The van der Waals surface area contributed by atoms with E-state index in [2.05, 4.69) is 10.1 Å². The third-order valence-corrected chi connectivity index (χ3v) is 3.62. The van der Waals surface area contributed by atoms with Crippen molar-refractivity contribution in [1.29, 1.82) is 0 Å². The van der Waals surface area contributed by atoms with Gasteiger partial charge in [0.2, 0.25) is 5.91 Å². The van der Waals surface area contributed by atoms with Gasteiger partial charge in [0.25, 0.3) is 0 Å². The number of nitrogens with zero attached hydrogens (tertiary/aromatic N) is 1. The van der Waals surface area contributed by atoms with Crippen LogP contribution >= 0.6 is 0 Å². The lowest BCUT2D eigenvalue weighted by molar-refractivity contribution is -0.129. The second-order valence-corrected chi connectivity index (χ2v) is 5.14. The third-order valence-electron chi connectivity index (χ3n) is 3.62. The predicted molar refractivity (Wildman–Crippen MR) is 75.3 cm³/mol. The molecule has 6 heteroatoms. The SMILES string of the molecule is CC(NCC(=O)N1CCCC1)c1ccc(OC(F)F)cc1. The smallest absolute Gasteiger partial charge is 0.387 e. The molecule has 0 spiro atoms. The van der Waals surface area contributed by atoms with Gasteiger partial charge in [-0.05, 0) is 37.5 Å². The first-order valence-corrected chi connectivity index (χ1v) is 7.12. The summed E-state index contributed by atoms with van der Waals surface area (Å²) < 4.78 is 28.4. The third kappa shape index (κ3) is 4.67. The number of ether oxygens (including phenoxy) is 1. The van der Waals surface area contributed by atoms with Crippen molar-refractivity contribution in [1.82, 2.24) is 10.2 Å². The van der Waals surface area contributed by atoms with Crippen LogP contribution in [0.25, 0.3) is 0 Å². The Morgan fingerprint density at radius 1 is 1.29 bits per heavy atom. The molecule has 1 aliphatic rings. The summed E-state index contributed by atoms with van der Waals surface area (Å²) in [7, 11) is 0. The van der Waals surface area contributed by atoms with Crippen molar-refractivity contribution in [2.75, 3.05) is 19.6 Å². The van der Waals surface area contributed by atoms with Crippen LogP contribution in [0.4, 0.5) is 8.78 Å². The highest BCUT2D eigenvalue weighted by Crippen LogP contribution is 2.19. The molecule has 1 aliphatic heterocycles. The van der Waals surface area contributed by atoms with Crippen molar-refractivity contribution in [3.8, 4) is 5.75 Å². The molecule has 2 rings (SSSR count). The van der Waals surface area contributed by atoms with E-state index in [9.17, 15) is 13.6 Å². The van der Waals surface area contributed by atoms with Gasteiger partial charge in [-0.25, -0.2) is 0 Å². The highest BCUT2D eigenvalue weighted by molar-refractivity contribution is 5.78. The average molecular weight is 298 g/mol. The Hall–Kier alpha value is -1.69. The molecular weight excluding hydrogens is 278 g/mol. The van der Waals surface area contributed by atoms with Crippen LogP contribution in [-0.4, -0.2) is 37.1 Å². The molecule has 1 N–H and O–H groups in total. The Kier molecular flexibility index (Phi) is 5.50. The number of rotatable bonds is 6. The number of carbonyl (C=O) groups is 1. The predicted octanol–water partition coefficient (Wildman–Crippen LogP) is 2.56. The molecule has 21 heavy (non-hydrogen) atoms. The topological polar surface area (TPSA) is 41.6 Å². The molecule has 4 nitrogen and oxygen atoms in total. The van der Waals surface area contributed by atoms with E-state index in [0.29, 0.717) is 0 Å². The van der Waals surface area contributed by atoms with Gasteiger partial charge in [-0.2, -0.15) is 8.78 Å². The van der Waals surface area contributed by atoms with E-state index in [1.165, 1.54) is 12.1 Å². The molecule has 1 saturated heterocycles. The minimum Gasteiger partial charge on any atom is -0.435 e. The standard InChI is InChI=1S/C15H20F2N2O2/c1-11(18-10-14(20)19-8-2-3-9-19)12-4-6-13(7-5-12)21-15(16)17/h4-7,11,15,18H,2-3,8-10H2,1H3. The molecule has 1 unspecified atom stereocenters. The number of likely N-dealkylation sites (tertiary alicyclic amines) is 1. The molecular formula is C15H20F2N2O2. The van der Waals surface area contributed by atoms with Crippen LogP contribution in [-0.2, 0) is 4.79 Å². The van der Waals surface area contributed by atoms with Crippen LogP contribution in [0.3, 0.4) is 0 Å². The summed E-state index contributed by atoms with van der Waals surface area (Å²) in [6.07, 6.45) is 2.15. The van der Waals surface area contributed by atoms with E-state index in [4.69, 9.17) is 0 Å². The monoisotopic (exact) mass is 298 g/mol. The van der Waals surface area contributed by atoms with Crippen LogP contribution in [0.5, 0.6) is 5.75 Å². The fourth-order valence-corrected chi connectivity index (χ4v) is 2.37. The molecule has 1 atom stereocenters. The number of nitrogens with one attached hydrogen (secondary N) is 1. The Balaban J connectivity index is 1.82. The zero-order chi connectivity index (χ0) is 15.2. The highest BCUT2D eigenvalue weighted by atomic mass is 19.3. The van der Waals surface area contributed by atoms with Crippen molar-refractivity contribution in [2.24, 2.45) is 0 Å². The summed E-state index contributed by atoms with van der Waals surface area (Å²) in [6.45, 7) is 1.09. The summed E-state index contributed by atoms with van der Waals surface area (Å²) in [5.41, 5.74) is 0.922. The van der Waals surface area contributed by atoms with Crippen molar-refractivity contribution in [3.63, 3.8) is 0 Å². The molecule has 116 valence electrons. The lowest BCUT2D eigenvalue weighted by Crippen LogP contribution is -2.37. The first-order valence-electron chi connectivity index (χ1n) is 7.12. The van der Waals surface area contributed by atoms with Crippen molar-refractivity contribution in [3.05, 3.63) is 29.8 Å². The van der Waals surface area contributed by atoms with Gasteiger partial charge in [0.05, 0.1) is 6.54 Å². The summed E-state index contributed by atoms with van der Waals surface area (Å²) in [6, 6.07) is 6.41. The van der Waals surface area contributed by atoms with E-state index in [1.807, 2.05) is 11.8 Å². The normalized spacial score (nSPS) is 16.3. The molecule has 1 heterocycles. The molecule has 1 aromatic carbocycles. The Morgan fingerprint density at radius 2 is 1.90 bits per heavy atom. The van der Waals surface area contributed by atoms with Crippen molar-refractivity contribution < 1.29 is 18.3 Å². The quantitative estimate of drug-likeness (QED) is 0.877. The maximum absolute atomic E-state index is 12.1. The molecule has 0 bridgehead atoms. The number of alkyl halides is 2. The zero-order valence-electron chi connectivity index (χ0n) is 12.0. The first kappa shape index (κ1) is 15.7.